The van der Waals surface area contributed by atoms with Crippen LogP contribution in [-0.4, -0.2) is 18.0 Å². The van der Waals surface area contributed by atoms with Crippen molar-refractivity contribution in [3.05, 3.63) is 0 Å². The number of nitrogens with two attached hydrogens (primary N) is 1. The summed E-state index contributed by atoms with van der Waals surface area (Å²) in [5, 5.41) is 2.88. The highest BCUT2D eigenvalue weighted by Crippen LogP contribution is 2.05. The Morgan fingerprint density at radius 2 is 1.85 bits per heavy atom. The van der Waals surface area contributed by atoms with Crippen LogP contribution >= 0.6 is 0 Å². The van der Waals surface area contributed by atoms with Crippen molar-refractivity contribution in [2.75, 3.05) is 0 Å². The minimum absolute atomic E-state index is 0.0244. The Balaban J connectivity index is 3.96. The zero-order valence-corrected chi connectivity index (χ0v) is 9.13. The highest BCUT2D eigenvalue weighted by atomic mass is 16.2. The van der Waals surface area contributed by atoms with Gasteiger partial charge >= 0.3 is 0 Å². The Morgan fingerprint density at radius 3 is 2.23 bits per heavy atom. The summed E-state index contributed by atoms with van der Waals surface area (Å²) in [7, 11) is 0. The molecular weight excluding hydrogens is 164 g/mol. The molecule has 0 spiro atoms. The molecule has 3 atom stereocenters. The van der Waals surface area contributed by atoms with Crippen molar-refractivity contribution < 1.29 is 4.79 Å². The third-order valence-corrected chi connectivity index (χ3v) is 2.56. The third-order valence-electron chi connectivity index (χ3n) is 2.56. The van der Waals surface area contributed by atoms with Gasteiger partial charge in [0.05, 0.1) is 6.04 Å². The molecular formula is C10H22N2O. The van der Waals surface area contributed by atoms with Gasteiger partial charge in [-0.2, -0.15) is 0 Å². The van der Waals surface area contributed by atoms with Crippen LogP contribution in [0.15, 0.2) is 0 Å². The summed E-state index contributed by atoms with van der Waals surface area (Å²) in [4.78, 5) is 11.5. The summed E-state index contributed by atoms with van der Waals surface area (Å²) >= 11 is 0. The van der Waals surface area contributed by atoms with Gasteiger partial charge in [0.1, 0.15) is 0 Å². The Kier molecular flexibility index (Phi) is 5.71. The molecule has 3 N–H and O–H groups in total. The van der Waals surface area contributed by atoms with E-state index in [1.54, 1.807) is 0 Å². The summed E-state index contributed by atoms with van der Waals surface area (Å²) in [6, 6.07) is -0.137. The van der Waals surface area contributed by atoms with Crippen molar-refractivity contribution in [2.45, 2.75) is 52.6 Å². The fraction of sp³-hybridized carbons (Fsp3) is 0.900. The number of nitrogens with one attached hydrogen (secondary N) is 1. The molecule has 78 valence electrons. The standard InChI is InChI=1S/C10H22N2O/c1-5-7(3)9(11)10(13)12-8(4)6-2/h7-9H,5-6,11H2,1-4H3,(H,12,13)/t7?,8?,9-/m0/s1. The zero-order chi connectivity index (χ0) is 10.4. The van der Waals surface area contributed by atoms with Gasteiger partial charge in [0.15, 0.2) is 0 Å². The third kappa shape index (κ3) is 4.27. The van der Waals surface area contributed by atoms with Gasteiger partial charge in [-0.15, -0.1) is 0 Å². The first-order valence-electron chi connectivity index (χ1n) is 5.08. The molecule has 0 aromatic rings. The second kappa shape index (κ2) is 5.97. The van der Waals surface area contributed by atoms with Crippen molar-refractivity contribution in [3.8, 4) is 0 Å². The van der Waals surface area contributed by atoms with E-state index < -0.39 is 0 Å². The van der Waals surface area contributed by atoms with Gasteiger partial charge in [-0.25, -0.2) is 0 Å². The van der Waals surface area contributed by atoms with Crippen molar-refractivity contribution in [3.63, 3.8) is 0 Å². The topological polar surface area (TPSA) is 55.1 Å². The summed E-state index contributed by atoms with van der Waals surface area (Å²) in [5.74, 6) is 0.229. The zero-order valence-electron chi connectivity index (χ0n) is 9.13. The fourth-order valence-corrected chi connectivity index (χ4v) is 0.953. The molecule has 0 heterocycles. The number of carbonyl (C=O) groups excluding carboxylic acids is 1. The molecule has 0 saturated heterocycles. The molecule has 3 nitrogen and oxygen atoms in total. The first-order valence-corrected chi connectivity index (χ1v) is 5.08. The molecule has 0 bridgehead atoms. The van der Waals surface area contributed by atoms with E-state index in [-0.39, 0.29) is 23.9 Å². The van der Waals surface area contributed by atoms with Crippen LogP contribution in [0.2, 0.25) is 0 Å². The second-order valence-corrected chi connectivity index (χ2v) is 3.73. The van der Waals surface area contributed by atoms with E-state index in [2.05, 4.69) is 5.32 Å². The molecule has 0 rings (SSSR count). The van der Waals surface area contributed by atoms with E-state index in [0.717, 1.165) is 12.8 Å². The van der Waals surface area contributed by atoms with Crippen molar-refractivity contribution in [2.24, 2.45) is 11.7 Å². The predicted molar refractivity (Wildman–Crippen MR) is 55.3 cm³/mol. The van der Waals surface area contributed by atoms with Crippen LogP contribution in [0.4, 0.5) is 0 Å². The molecule has 0 aliphatic carbocycles. The summed E-state index contributed by atoms with van der Waals surface area (Å²) < 4.78 is 0. The molecule has 2 unspecified atom stereocenters. The van der Waals surface area contributed by atoms with Gasteiger partial charge in [0.25, 0.3) is 0 Å². The largest absolute Gasteiger partial charge is 0.352 e. The summed E-state index contributed by atoms with van der Waals surface area (Å²) in [6.45, 7) is 8.07. The molecule has 0 saturated carbocycles. The Labute approximate surface area is 81.1 Å². The van der Waals surface area contributed by atoms with Gasteiger partial charge in [-0.3, -0.25) is 4.79 Å². The minimum Gasteiger partial charge on any atom is -0.352 e. The van der Waals surface area contributed by atoms with Crippen LogP contribution in [0.3, 0.4) is 0 Å². The molecule has 0 aliphatic rings. The fourth-order valence-electron chi connectivity index (χ4n) is 0.953. The van der Waals surface area contributed by atoms with Gasteiger partial charge in [-0.05, 0) is 19.3 Å². The maximum atomic E-state index is 11.5. The number of rotatable bonds is 5. The monoisotopic (exact) mass is 186 g/mol. The van der Waals surface area contributed by atoms with Gasteiger partial charge in [0.2, 0.25) is 5.91 Å². The first-order chi connectivity index (χ1) is 6.02. The SMILES string of the molecule is CCC(C)NC(=O)[C@@H](N)C(C)CC. The van der Waals surface area contributed by atoms with E-state index in [0.29, 0.717) is 0 Å². The maximum absolute atomic E-state index is 11.5. The number of carbonyl (C=O) groups is 1. The Bertz CT molecular complexity index is 159. The normalized spacial score (nSPS) is 17.6. The molecule has 0 aliphatic heterocycles. The molecule has 0 radical (unpaired) electrons. The van der Waals surface area contributed by atoms with E-state index in [1.165, 1.54) is 0 Å². The quantitative estimate of drug-likeness (QED) is 0.679. The summed E-state index contributed by atoms with van der Waals surface area (Å²) in [6.07, 6.45) is 1.88. The van der Waals surface area contributed by atoms with Crippen LogP contribution in [0, 0.1) is 5.92 Å². The average Bonchev–Trinajstić information content (AvgIpc) is 2.14. The molecule has 0 aromatic carbocycles. The van der Waals surface area contributed by atoms with Crippen LogP contribution < -0.4 is 11.1 Å². The molecule has 0 aromatic heterocycles. The van der Waals surface area contributed by atoms with Gasteiger partial charge in [0, 0.05) is 6.04 Å². The van der Waals surface area contributed by atoms with Crippen molar-refractivity contribution >= 4 is 5.91 Å². The second-order valence-electron chi connectivity index (χ2n) is 3.73. The van der Waals surface area contributed by atoms with E-state index >= 15 is 0 Å². The minimum atomic E-state index is -0.362. The number of hydrogen-bond acceptors (Lipinski definition) is 2. The van der Waals surface area contributed by atoms with Crippen LogP contribution in [0.1, 0.15) is 40.5 Å². The van der Waals surface area contributed by atoms with Crippen molar-refractivity contribution in [1.82, 2.24) is 5.32 Å². The van der Waals surface area contributed by atoms with E-state index in [9.17, 15) is 4.79 Å². The van der Waals surface area contributed by atoms with Crippen LogP contribution in [-0.2, 0) is 4.79 Å². The van der Waals surface area contributed by atoms with E-state index in [4.69, 9.17) is 5.73 Å². The average molecular weight is 186 g/mol. The van der Waals surface area contributed by atoms with Crippen molar-refractivity contribution in [1.29, 1.82) is 0 Å². The van der Waals surface area contributed by atoms with Gasteiger partial charge in [-0.1, -0.05) is 27.2 Å². The Morgan fingerprint density at radius 1 is 1.31 bits per heavy atom. The molecule has 1 amide bonds. The van der Waals surface area contributed by atoms with Crippen LogP contribution in [0.25, 0.3) is 0 Å². The smallest absolute Gasteiger partial charge is 0.237 e. The molecule has 0 fully saturated rings. The number of hydrogen-bond donors (Lipinski definition) is 2. The molecule has 13 heavy (non-hydrogen) atoms. The Hall–Kier alpha value is -0.570. The lowest BCUT2D eigenvalue weighted by Crippen LogP contribution is -2.47. The molecule has 3 heteroatoms. The lowest BCUT2D eigenvalue weighted by molar-refractivity contribution is -0.124. The van der Waals surface area contributed by atoms with Crippen LogP contribution in [0.5, 0.6) is 0 Å². The predicted octanol–water partition coefficient (Wildman–Crippen LogP) is 1.27. The first kappa shape index (κ1) is 12.4. The van der Waals surface area contributed by atoms with Gasteiger partial charge < -0.3 is 11.1 Å². The highest BCUT2D eigenvalue weighted by molar-refractivity contribution is 5.81. The highest BCUT2D eigenvalue weighted by Gasteiger charge is 2.19. The maximum Gasteiger partial charge on any atom is 0.237 e. The summed E-state index contributed by atoms with van der Waals surface area (Å²) in [5.41, 5.74) is 5.76. The van der Waals surface area contributed by atoms with E-state index in [1.807, 2.05) is 27.7 Å². The lowest BCUT2D eigenvalue weighted by atomic mass is 9.99. The number of amides is 1. The lowest BCUT2D eigenvalue weighted by Gasteiger charge is -2.20.